The van der Waals surface area contributed by atoms with E-state index >= 15 is 0 Å². The van der Waals surface area contributed by atoms with Crippen LogP contribution in [0.4, 0.5) is 0 Å². The van der Waals surface area contributed by atoms with E-state index in [0.29, 0.717) is 11.4 Å². The van der Waals surface area contributed by atoms with Crippen molar-refractivity contribution in [1.82, 2.24) is 24.6 Å². The fraction of sp³-hybridized carbons (Fsp3) is 0.474. The monoisotopic (exact) mass is 420 g/mol. The van der Waals surface area contributed by atoms with Gasteiger partial charge in [-0.15, -0.1) is 0 Å². The van der Waals surface area contributed by atoms with Crippen LogP contribution in [-0.2, 0) is 23.1 Å². The van der Waals surface area contributed by atoms with Gasteiger partial charge in [-0.3, -0.25) is 9.89 Å². The van der Waals surface area contributed by atoms with E-state index in [2.05, 4.69) is 25.3 Å². The zero-order valence-corrected chi connectivity index (χ0v) is 17.9. The van der Waals surface area contributed by atoms with Crippen molar-refractivity contribution in [3.05, 3.63) is 47.9 Å². The third kappa shape index (κ3) is 5.34. The minimum Gasteiger partial charge on any atom is -0.364 e. The molecule has 1 aromatic heterocycles. The summed E-state index contributed by atoms with van der Waals surface area (Å²) in [5.41, 5.74) is 1.94. The molecule has 29 heavy (non-hydrogen) atoms. The molecule has 158 valence electrons. The van der Waals surface area contributed by atoms with Crippen molar-refractivity contribution in [3.8, 4) is 0 Å². The van der Waals surface area contributed by atoms with Gasteiger partial charge >= 0.3 is 0 Å². The van der Waals surface area contributed by atoms with E-state index in [1.807, 2.05) is 18.2 Å². The largest absolute Gasteiger partial charge is 0.364 e. The van der Waals surface area contributed by atoms with Crippen LogP contribution in [0.15, 0.2) is 51.0 Å². The first kappa shape index (κ1) is 21.3. The highest BCUT2D eigenvalue weighted by Crippen LogP contribution is 2.14. The molecule has 1 fully saturated rings. The summed E-state index contributed by atoms with van der Waals surface area (Å²) in [6, 6.07) is 8.82. The lowest BCUT2D eigenvalue weighted by molar-refractivity contribution is 0.169. The van der Waals surface area contributed by atoms with Crippen molar-refractivity contribution in [3.63, 3.8) is 0 Å². The third-order valence-electron chi connectivity index (χ3n) is 4.91. The van der Waals surface area contributed by atoms with Gasteiger partial charge in [-0.05, 0) is 17.7 Å². The van der Waals surface area contributed by atoms with Crippen molar-refractivity contribution in [2.45, 2.75) is 18.0 Å². The Kier molecular flexibility index (Phi) is 6.88. The summed E-state index contributed by atoms with van der Waals surface area (Å²) >= 11 is 0. The van der Waals surface area contributed by atoms with E-state index in [0.717, 1.165) is 49.9 Å². The number of rotatable bonds is 6. The van der Waals surface area contributed by atoms with E-state index in [1.165, 1.54) is 18.4 Å². The first-order valence-electron chi connectivity index (χ1n) is 9.49. The van der Waals surface area contributed by atoms with Crippen LogP contribution in [0.25, 0.3) is 0 Å². The van der Waals surface area contributed by atoms with E-state index in [4.69, 9.17) is 4.52 Å². The van der Waals surface area contributed by atoms with Crippen LogP contribution in [-0.4, -0.2) is 81.0 Å². The Morgan fingerprint density at radius 1 is 1.17 bits per heavy atom. The average molecular weight is 421 g/mol. The Morgan fingerprint density at radius 3 is 2.41 bits per heavy atom. The van der Waals surface area contributed by atoms with Gasteiger partial charge < -0.3 is 14.7 Å². The van der Waals surface area contributed by atoms with Crippen molar-refractivity contribution < 1.29 is 12.9 Å². The van der Waals surface area contributed by atoms with Crippen LogP contribution in [0.3, 0.4) is 0 Å². The maximum Gasteiger partial charge on any atom is 0.242 e. The maximum absolute atomic E-state index is 12.2. The topological polar surface area (TPSA) is 94.3 Å². The first-order chi connectivity index (χ1) is 13.9. The second-order valence-electron chi connectivity index (χ2n) is 7.09. The van der Waals surface area contributed by atoms with Crippen molar-refractivity contribution in [2.75, 3.05) is 47.3 Å². The molecule has 1 aliphatic heterocycles. The highest BCUT2D eigenvalue weighted by atomic mass is 32.2. The molecule has 0 unspecified atom stereocenters. The summed E-state index contributed by atoms with van der Waals surface area (Å²) in [5, 5.41) is 7.33. The van der Waals surface area contributed by atoms with Crippen LogP contribution in [0, 0.1) is 0 Å². The summed E-state index contributed by atoms with van der Waals surface area (Å²) in [5.74, 6) is 0.844. The number of nitrogens with one attached hydrogen (secondary N) is 1. The molecule has 0 spiro atoms. The molecule has 9 nitrogen and oxygen atoms in total. The van der Waals surface area contributed by atoms with Gasteiger partial charge in [0.15, 0.2) is 5.96 Å². The molecule has 3 rings (SSSR count). The molecule has 1 saturated heterocycles. The number of benzene rings is 1. The Balaban J connectivity index is 1.51. The van der Waals surface area contributed by atoms with Crippen molar-refractivity contribution in [2.24, 2.45) is 4.99 Å². The lowest BCUT2D eigenvalue weighted by Gasteiger charge is -2.36. The number of sulfonamides is 1. The average Bonchev–Trinajstić information content (AvgIpc) is 3.23. The summed E-state index contributed by atoms with van der Waals surface area (Å²) in [6.45, 7) is 4.96. The molecule has 0 aliphatic carbocycles. The highest BCUT2D eigenvalue weighted by molar-refractivity contribution is 7.89. The van der Waals surface area contributed by atoms with Gasteiger partial charge in [0.1, 0.15) is 6.26 Å². The Morgan fingerprint density at radius 2 is 1.86 bits per heavy atom. The number of nitrogens with zero attached hydrogens (tertiary/aromatic N) is 5. The molecule has 0 amide bonds. The Labute approximate surface area is 172 Å². The lowest BCUT2D eigenvalue weighted by atomic mass is 10.2. The smallest absolute Gasteiger partial charge is 0.242 e. The first-order valence-corrected chi connectivity index (χ1v) is 10.9. The maximum atomic E-state index is 12.2. The van der Waals surface area contributed by atoms with Crippen molar-refractivity contribution in [1.29, 1.82) is 0 Å². The molecule has 1 aromatic carbocycles. The molecule has 1 N–H and O–H groups in total. The van der Waals surface area contributed by atoms with E-state index in [1.54, 1.807) is 25.4 Å². The zero-order valence-electron chi connectivity index (χ0n) is 17.1. The van der Waals surface area contributed by atoms with Gasteiger partial charge in [0.05, 0.1) is 10.6 Å². The SMILES string of the molecule is CN=C(NCc1ccc(S(=O)(=O)N(C)C)cc1)N1CCN(Cc2ccon2)CC1. The Bertz CT molecular complexity index is 902. The number of aromatic nitrogens is 1. The van der Waals surface area contributed by atoms with Crippen LogP contribution >= 0.6 is 0 Å². The molecule has 2 heterocycles. The third-order valence-corrected chi connectivity index (χ3v) is 6.74. The van der Waals surface area contributed by atoms with E-state index < -0.39 is 10.0 Å². The molecule has 1 aliphatic rings. The molecule has 0 bridgehead atoms. The second-order valence-corrected chi connectivity index (χ2v) is 9.24. The predicted octanol–water partition coefficient (Wildman–Crippen LogP) is 0.818. The number of piperazine rings is 1. The fourth-order valence-electron chi connectivity index (χ4n) is 3.17. The van der Waals surface area contributed by atoms with Crippen molar-refractivity contribution >= 4 is 16.0 Å². The minimum atomic E-state index is -3.40. The minimum absolute atomic E-state index is 0.291. The summed E-state index contributed by atoms with van der Waals surface area (Å²) in [6.07, 6.45) is 1.60. The molecular formula is C19H28N6O3S. The van der Waals surface area contributed by atoms with Gasteiger partial charge in [0, 0.05) is 66.5 Å². The summed E-state index contributed by atoms with van der Waals surface area (Å²) < 4.78 is 30.4. The van der Waals surface area contributed by atoms with Gasteiger partial charge in [-0.1, -0.05) is 17.3 Å². The van der Waals surface area contributed by atoms with E-state index in [9.17, 15) is 8.42 Å². The quantitative estimate of drug-likeness (QED) is 0.546. The van der Waals surface area contributed by atoms with Gasteiger partial charge in [-0.2, -0.15) is 0 Å². The van der Waals surface area contributed by atoms with E-state index in [-0.39, 0.29) is 0 Å². The van der Waals surface area contributed by atoms with Crippen LogP contribution in [0.1, 0.15) is 11.3 Å². The fourth-order valence-corrected chi connectivity index (χ4v) is 4.07. The van der Waals surface area contributed by atoms with Gasteiger partial charge in [-0.25, -0.2) is 12.7 Å². The van der Waals surface area contributed by atoms with Crippen LogP contribution in [0.2, 0.25) is 0 Å². The Hall–Kier alpha value is -2.43. The number of hydrogen-bond acceptors (Lipinski definition) is 6. The molecule has 10 heteroatoms. The molecule has 0 atom stereocenters. The summed E-state index contributed by atoms with van der Waals surface area (Å²) in [4.78, 5) is 9.25. The zero-order chi connectivity index (χ0) is 20.9. The lowest BCUT2D eigenvalue weighted by Crippen LogP contribution is -2.52. The van der Waals surface area contributed by atoms with Gasteiger partial charge in [0.2, 0.25) is 10.0 Å². The highest BCUT2D eigenvalue weighted by Gasteiger charge is 2.20. The van der Waals surface area contributed by atoms with Crippen LogP contribution < -0.4 is 5.32 Å². The molecule has 0 radical (unpaired) electrons. The molecule has 2 aromatic rings. The molecular weight excluding hydrogens is 392 g/mol. The molecule has 0 saturated carbocycles. The standard InChI is InChI=1S/C19H28N6O3S/c1-20-19(25-11-9-24(10-12-25)15-17-8-13-28-22-17)21-14-16-4-6-18(7-5-16)29(26,27)23(2)3/h4-8,13H,9-12,14-15H2,1-3H3,(H,20,21). The number of hydrogen-bond donors (Lipinski definition) is 1. The number of guanidine groups is 1. The summed E-state index contributed by atoms with van der Waals surface area (Å²) in [7, 11) is 1.43. The van der Waals surface area contributed by atoms with Gasteiger partial charge in [0.25, 0.3) is 0 Å². The normalized spacial score (nSPS) is 16.4. The number of aliphatic imine (C=N–C) groups is 1. The second kappa shape index (κ2) is 9.38. The predicted molar refractivity (Wildman–Crippen MR) is 111 cm³/mol. The van der Waals surface area contributed by atoms with Crippen LogP contribution in [0.5, 0.6) is 0 Å².